The molecule has 5 nitrogen and oxygen atoms in total. The maximum Gasteiger partial charge on any atom is 0.222 e. The molecule has 2 fully saturated rings. The SMILES string of the molecule is CCCCC(=O)N1CCC[C@@]2(CCC(=O)N(Cc3cccnc3)C2)C1. The second-order valence-electron chi connectivity index (χ2n) is 7.63. The largest absolute Gasteiger partial charge is 0.342 e. The van der Waals surface area contributed by atoms with Gasteiger partial charge < -0.3 is 9.80 Å². The van der Waals surface area contributed by atoms with Crippen molar-refractivity contribution in [2.24, 2.45) is 5.41 Å². The highest BCUT2D eigenvalue weighted by Crippen LogP contribution is 2.39. The first-order chi connectivity index (χ1) is 12.1. The van der Waals surface area contributed by atoms with Crippen molar-refractivity contribution in [1.82, 2.24) is 14.8 Å². The topological polar surface area (TPSA) is 53.5 Å². The molecule has 0 saturated carbocycles. The van der Waals surface area contributed by atoms with Gasteiger partial charge in [0.15, 0.2) is 0 Å². The Morgan fingerprint density at radius 1 is 1.32 bits per heavy atom. The first-order valence-corrected chi connectivity index (χ1v) is 9.56. The Kier molecular flexibility index (Phi) is 5.71. The van der Waals surface area contributed by atoms with Gasteiger partial charge in [0.2, 0.25) is 11.8 Å². The van der Waals surface area contributed by atoms with Crippen molar-refractivity contribution < 1.29 is 9.59 Å². The van der Waals surface area contributed by atoms with Crippen molar-refractivity contribution in [2.75, 3.05) is 19.6 Å². The fourth-order valence-corrected chi connectivity index (χ4v) is 4.20. The van der Waals surface area contributed by atoms with Gasteiger partial charge in [-0.3, -0.25) is 14.6 Å². The number of pyridine rings is 1. The van der Waals surface area contributed by atoms with Crippen molar-refractivity contribution in [1.29, 1.82) is 0 Å². The number of unbranched alkanes of at least 4 members (excludes halogenated alkanes) is 1. The normalized spacial score (nSPS) is 24.0. The summed E-state index contributed by atoms with van der Waals surface area (Å²) in [5.74, 6) is 0.514. The minimum Gasteiger partial charge on any atom is -0.342 e. The molecule has 0 bridgehead atoms. The van der Waals surface area contributed by atoms with Gasteiger partial charge in [0.05, 0.1) is 0 Å². The van der Waals surface area contributed by atoms with Crippen LogP contribution in [0.1, 0.15) is 57.4 Å². The Labute approximate surface area is 150 Å². The van der Waals surface area contributed by atoms with Crippen molar-refractivity contribution in [3.05, 3.63) is 30.1 Å². The fraction of sp³-hybridized carbons (Fsp3) is 0.650. The lowest BCUT2D eigenvalue weighted by atomic mass is 9.73. The Balaban J connectivity index is 1.66. The van der Waals surface area contributed by atoms with Crippen LogP contribution in [0.2, 0.25) is 0 Å². The van der Waals surface area contributed by atoms with E-state index in [1.54, 1.807) is 6.20 Å². The van der Waals surface area contributed by atoms with Gasteiger partial charge in [-0.25, -0.2) is 0 Å². The minimum atomic E-state index is 0.0796. The second-order valence-corrected chi connectivity index (χ2v) is 7.63. The lowest BCUT2D eigenvalue weighted by molar-refractivity contribution is -0.143. The lowest BCUT2D eigenvalue weighted by Gasteiger charge is -2.48. The summed E-state index contributed by atoms with van der Waals surface area (Å²) < 4.78 is 0. The summed E-state index contributed by atoms with van der Waals surface area (Å²) in [6, 6.07) is 3.93. The van der Waals surface area contributed by atoms with E-state index in [4.69, 9.17) is 0 Å². The van der Waals surface area contributed by atoms with Crippen LogP contribution >= 0.6 is 0 Å². The molecule has 1 aromatic rings. The average Bonchev–Trinajstić information content (AvgIpc) is 2.64. The molecule has 2 amide bonds. The molecular formula is C20H29N3O2. The number of hydrogen-bond donors (Lipinski definition) is 0. The molecule has 1 spiro atoms. The predicted molar refractivity (Wildman–Crippen MR) is 96.7 cm³/mol. The Morgan fingerprint density at radius 3 is 2.96 bits per heavy atom. The van der Waals surface area contributed by atoms with Gasteiger partial charge in [-0.05, 0) is 37.3 Å². The van der Waals surface area contributed by atoms with Gasteiger partial charge in [-0.1, -0.05) is 19.4 Å². The van der Waals surface area contributed by atoms with Crippen molar-refractivity contribution >= 4 is 11.8 Å². The molecular weight excluding hydrogens is 314 g/mol. The number of aromatic nitrogens is 1. The monoisotopic (exact) mass is 343 g/mol. The molecule has 2 aliphatic heterocycles. The molecule has 3 heterocycles. The van der Waals surface area contributed by atoms with E-state index in [1.807, 2.05) is 23.2 Å². The van der Waals surface area contributed by atoms with Crippen LogP contribution in [0.15, 0.2) is 24.5 Å². The summed E-state index contributed by atoms with van der Waals surface area (Å²) in [5.41, 5.74) is 1.15. The Morgan fingerprint density at radius 2 is 2.20 bits per heavy atom. The highest BCUT2D eigenvalue weighted by molar-refractivity contribution is 5.78. The van der Waals surface area contributed by atoms with Gasteiger partial charge in [0, 0.05) is 56.8 Å². The zero-order valence-electron chi connectivity index (χ0n) is 15.2. The number of amides is 2. The van der Waals surface area contributed by atoms with Gasteiger partial charge in [-0.2, -0.15) is 0 Å². The molecule has 1 atom stereocenters. The lowest BCUT2D eigenvalue weighted by Crippen LogP contribution is -2.54. The molecule has 0 aliphatic carbocycles. The van der Waals surface area contributed by atoms with Crippen molar-refractivity contribution in [2.45, 2.75) is 58.4 Å². The number of piperidine rings is 2. The third-order valence-corrected chi connectivity index (χ3v) is 5.60. The average molecular weight is 343 g/mol. The standard InChI is InChI=1S/C20H29N3O2/c1-2-3-7-18(24)22-12-5-9-20(15-22)10-8-19(25)23(16-20)14-17-6-4-11-21-13-17/h4,6,11,13H,2-3,5,7-10,12,14-16H2,1H3/t20-/m1/s1. The van der Waals surface area contributed by atoms with E-state index in [0.717, 1.165) is 57.3 Å². The summed E-state index contributed by atoms with van der Waals surface area (Å²) in [7, 11) is 0. The molecule has 2 aliphatic rings. The first kappa shape index (κ1) is 17.9. The van der Waals surface area contributed by atoms with Crippen LogP contribution in [0.25, 0.3) is 0 Å². The predicted octanol–water partition coefficient (Wildman–Crippen LogP) is 3.00. The molecule has 2 saturated heterocycles. The molecule has 1 aromatic heterocycles. The summed E-state index contributed by atoms with van der Waals surface area (Å²) >= 11 is 0. The zero-order chi connectivity index (χ0) is 17.7. The van der Waals surface area contributed by atoms with Crippen LogP contribution in [-0.4, -0.2) is 46.2 Å². The number of likely N-dealkylation sites (tertiary alicyclic amines) is 2. The molecule has 3 rings (SSSR count). The molecule has 136 valence electrons. The first-order valence-electron chi connectivity index (χ1n) is 9.56. The van der Waals surface area contributed by atoms with Gasteiger partial charge in [-0.15, -0.1) is 0 Å². The Bertz CT molecular complexity index is 604. The highest BCUT2D eigenvalue weighted by Gasteiger charge is 2.42. The van der Waals surface area contributed by atoms with Crippen LogP contribution in [0.4, 0.5) is 0 Å². The summed E-state index contributed by atoms with van der Waals surface area (Å²) in [6.45, 7) is 5.19. The van der Waals surface area contributed by atoms with Crippen molar-refractivity contribution in [3.63, 3.8) is 0 Å². The van der Waals surface area contributed by atoms with Crippen LogP contribution in [-0.2, 0) is 16.1 Å². The molecule has 5 heteroatoms. The fourth-order valence-electron chi connectivity index (χ4n) is 4.20. The number of carbonyl (C=O) groups excluding carboxylic acids is 2. The van der Waals surface area contributed by atoms with E-state index in [0.29, 0.717) is 19.4 Å². The van der Waals surface area contributed by atoms with E-state index in [9.17, 15) is 9.59 Å². The number of carbonyl (C=O) groups is 2. The minimum absolute atomic E-state index is 0.0796. The third kappa shape index (κ3) is 4.39. The van der Waals surface area contributed by atoms with E-state index < -0.39 is 0 Å². The molecule has 0 radical (unpaired) electrons. The number of nitrogens with zero attached hydrogens (tertiary/aromatic N) is 3. The number of rotatable bonds is 5. The zero-order valence-corrected chi connectivity index (χ0v) is 15.2. The molecule has 0 aromatic carbocycles. The van der Waals surface area contributed by atoms with Crippen LogP contribution in [0.5, 0.6) is 0 Å². The summed E-state index contributed by atoms with van der Waals surface area (Å²) in [5, 5.41) is 0. The van der Waals surface area contributed by atoms with Gasteiger partial charge in [0.1, 0.15) is 0 Å². The van der Waals surface area contributed by atoms with Crippen LogP contribution in [0.3, 0.4) is 0 Å². The van der Waals surface area contributed by atoms with E-state index in [2.05, 4.69) is 16.8 Å². The van der Waals surface area contributed by atoms with Crippen molar-refractivity contribution in [3.8, 4) is 0 Å². The molecule has 0 unspecified atom stereocenters. The third-order valence-electron chi connectivity index (χ3n) is 5.60. The van der Waals surface area contributed by atoms with E-state index in [1.165, 1.54) is 0 Å². The van der Waals surface area contributed by atoms with E-state index in [-0.39, 0.29) is 17.2 Å². The van der Waals surface area contributed by atoms with Crippen LogP contribution < -0.4 is 0 Å². The van der Waals surface area contributed by atoms with Gasteiger partial charge >= 0.3 is 0 Å². The van der Waals surface area contributed by atoms with Gasteiger partial charge in [0.25, 0.3) is 0 Å². The van der Waals surface area contributed by atoms with Crippen LogP contribution in [0, 0.1) is 5.41 Å². The maximum absolute atomic E-state index is 12.5. The smallest absolute Gasteiger partial charge is 0.222 e. The maximum atomic E-state index is 12.5. The van der Waals surface area contributed by atoms with E-state index >= 15 is 0 Å². The highest BCUT2D eigenvalue weighted by atomic mass is 16.2. The number of hydrogen-bond acceptors (Lipinski definition) is 3. The molecule has 25 heavy (non-hydrogen) atoms. The quantitative estimate of drug-likeness (QED) is 0.826. The summed E-state index contributed by atoms with van der Waals surface area (Å²) in [6.07, 6.45) is 9.93. The Hall–Kier alpha value is -1.91. The molecule has 0 N–H and O–H groups in total. The summed E-state index contributed by atoms with van der Waals surface area (Å²) in [4.78, 5) is 33.0. The second kappa shape index (κ2) is 7.98.